The number of benzene rings is 2. The van der Waals surface area contributed by atoms with E-state index in [4.69, 9.17) is 5.26 Å². The summed E-state index contributed by atoms with van der Waals surface area (Å²) in [6.07, 6.45) is 0.506. The molecule has 8 heteroatoms. The van der Waals surface area contributed by atoms with E-state index in [1.165, 1.54) is 29.2 Å². The van der Waals surface area contributed by atoms with Crippen LogP contribution in [0.4, 0.5) is 0 Å². The molecule has 32 heavy (non-hydrogen) atoms. The molecule has 0 aliphatic carbocycles. The molecule has 168 valence electrons. The number of hydrogen-bond acceptors (Lipinski definition) is 5. The maximum atomic E-state index is 12.9. The number of nitrogens with zero attached hydrogens (tertiary/aromatic N) is 2. The fourth-order valence-corrected chi connectivity index (χ4v) is 4.66. The van der Waals surface area contributed by atoms with Crippen molar-refractivity contribution < 1.29 is 18.0 Å². The lowest BCUT2D eigenvalue weighted by molar-refractivity contribution is -0.156. The molecule has 2 aromatic carbocycles. The van der Waals surface area contributed by atoms with Gasteiger partial charge >= 0.3 is 0 Å². The maximum Gasteiger partial charge on any atom is 0.264 e. The quantitative estimate of drug-likeness (QED) is 0.749. The molecular weight excluding hydrogens is 426 g/mol. The van der Waals surface area contributed by atoms with Crippen LogP contribution in [0.15, 0.2) is 53.4 Å². The van der Waals surface area contributed by atoms with Gasteiger partial charge in [0.1, 0.15) is 5.54 Å². The minimum absolute atomic E-state index is 0.0110. The lowest BCUT2D eigenvalue weighted by Crippen LogP contribution is -2.68. The van der Waals surface area contributed by atoms with Gasteiger partial charge in [-0.15, -0.1) is 0 Å². The van der Waals surface area contributed by atoms with Gasteiger partial charge in [0.05, 0.1) is 22.9 Å². The zero-order chi connectivity index (χ0) is 23.7. The van der Waals surface area contributed by atoms with Gasteiger partial charge in [0.2, 0.25) is 5.91 Å². The number of likely N-dealkylation sites (tertiary alicyclic amines) is 1. The minimum Gasteiger partial charge on any atom is -0.328 e. The molecule has 0 bridgehead atoms. The van der Waals surface area contributed by atoms with Crippen molar-refractivity contribution in [3.63, 3.8) is 0 Å². The molecule has 1 atom stereocenters. The summed E-state index contributed by atoms with van der Waals surface area (Å²) in [6, 6.07) is 15.0. The minimum atomic E-state index is -4.12. The Morgan fingerprint density at radius 1 is 1.09 bits per heavy atom. The second-order valence-electron chi connectivity index (χ2n) is 9.26. The van der Waals surface area contributed by atoms with Crippen molar-refractivity contribution in [2.24, 2.45) is 0 Å². The number of carbonyl (C=O) groups excluding carboxylic acids is 2. The maximum absolute atomic E-state index is 12.9. The van der Waals surface area contributed by atoms with Crippen LogP contribution in [0.2, 0.25) is 0 Å². The van der Waals surface area contributed by atoms with Crippen molar-refractivity contribution in [3.05, 3.63) is 65.2 Å². The molecule has 1 unspecified atom stereocenters. The molecule has 1 saturated heterocycles. The zero-order valence-corrected chi connectivity index (χ0v) is 19.5. The topological polar surface area (TPSA) is 107 Å². The molecule has 0 radical (unpaired) electrons. The van der Waals surface area contributed by atoms with E-state index in [1.54, 1.807) is 6.92 Å². The Labute approximate surface area is 189 Å². The normalized spacial score (nSPS) is 18.4. The van der Waals surface area contributed by atoms with Crippen LogP contribution in [0.3, 0.4) is 0 Å². The van der Waals surface area contributed by atoms with E-state index in [9.17, 15) is 18.0 Å². The highest BCUT2D eigenvalue weighted by Crippen LogP contribution is 2.32. The van der Waals surface area contributed by atoms with Gasteiger partial charge in [-0.25, -0.2) is 13.1 Å². The number of nitriles is 1. The lowest BCUT2D eigenvalue weighted by Gasteiger charge is -2.49. The van der Waals surface area contributed by atoms with Gasteiger partial charge in [-0.3, -0.25) is 9.59 Å². The van der Waals surface area contributed by atoms with Gasteiger partial charge in [-0.05, 0) is 54.2 Å². The molecule has 1 N–H and O–H groups in total. The zero-order valence-electron chi connectivity index (χ0n) is 18.7. The van der Waals surface area contributed by atoms with E-state index in [2.05, 4.69) is 25.5 Å². The van der Waals surface area contributed by atoms with E-state index in [0.29, 0.717) is 18.5 Å². The SMILES string of the molecule is CC(C)(C)c1ccc(CC(=O)N2CCC2(C)C(=O)NS(=O)(=O)c2ccc(C#N)cc2)cc1. The van der Waals surface area contributed by atoms with Crippen LogP contribution in [0.1, 0.15) is 50.8 Å². The van der Waals surface area contributed by atoms with Crippen LogP contribution in [0.25, 0.3) is 0 Å². The Bertz CT molecular complexity index is 1170. The van der Waals surface area contributed by atoms with Crippen molar-refractivity contribution in [1.82, 2.24) is 9.62 Å². The molecule has 7 nitrogen and oxygen atoms in total. The van der Waals surface area contributed by atoms with Crippen molar-refractivity contribution >= 4 is 21.8 Å². The third-order valence-corrected chi connectivity index (χ3v) is 7.25. The number of sulfonamides is 1. The smallest absolute Gasteiger partial charge is 0.264 e. The summed E-state index contributed by atoms with van der Waals surface area (Å²) >= 11 is 0. The van der Waals surface area contributed by atoms with Crippen molar-refractivity contribution in [2.45, 2.75) is 56.4 Å². The fraction of sp³-hybridized carbons (Fsp3) is 0.375. The van der Waals surface area contributed by atoms with Crippen LogP contribution in [0.5, 0.6) is 0 Å². The Morgan fingerprint density at radius 2 is 1.69 bits per heavy atom. The van der Waals surface area contributed by atoms with Crippen LogP contribution >= 0.6 is 0 Å². The van der Waals surface area contributed by atoms with Crippen LogP contribution in [0, 0.1) is 11.3 Å². The van der Waals surface area contributed by atoms with Crippen LogP contribution in [-0.4, -0.2) is 37.2 Å². The third-order valence-electron chi connectivity index (χ3n) is 5.90. The highest BCUT2D eigenvalue weighted by molar-refractivity contribution is 7.90. The molecule has 1 fully saturated rings. The van der Waals surface area contributed by atoms with E-state index < -0.39 is 21.5 Å². The van der Waals surface area contributed by atoms with Gasteiger partial charge in [-0.2, -0.15) is 5.26 Å². The fourth-order valence-electron chi connectivity index (χ4n) is 3.59. The Kier molecular flexibility index (Phi) is 6.16. The summed E-state index contributed by atoms with van der Waals surface area (Å²) in [5, 5.41) is 8.85. The molecule has 1 heterocycles. The predicted molar refractivity (Wildman–Crippen MR) is 120 cm³/mol. The number of amides is 2. The summed E-state index contributed by atoms with van der Waals surface area (Å²) in [4.78, 5) is 27.0. The van der Waals surface area contributed by atoms with Crippen molar-refractivity contribution in [2.75, 3.05) is 6.54 Å². The average molecular weight is 454 g/mol. The summed E-state index contributed by atoms with van der Waals surface area (Å²) < 4.78 is 27.3. The van der Waals surface area contributed by atoms with Crippen molar-refractivity contribution in [1.29, 1.82) is 5.26 Å². The lowest BCUT2D eigenvalue weighted by atomic mass is 9.84. The highest BCUT2D eigenvalue weighted by atomic mass is 32.2. The number of carbonyl (C=O) groups is 2. The second-order valence-corrected chi connectivity index (χ2v) is 10.9. The molecule has 2 aromatic rings. The second kappa shape index (κ2) is 8.40. The Balaban J connectivity index is 1.69. The standard InChI is InChI=1S/C24H27N3O4S/c1-23(2,3)19-9-5-17(6-10-19)15-21(28)27-14-13-24(27,4)22(29)26-32(30,31)20-11-7-18(16-25)8-12-20/h5-12H,13-15H2,1-4H3,(H,26,29). The van der Waals surface area contributed by atoms with Gasteiger partial charge in [0.25, 0.3) is 15.9 Å². The molecule has 3 rings (SSSR count). The predicted octanol–water partition coefficient (Wildman–Crippen LogP) is 2.89. The summed E-state index contributed by atoms with van der Waals surface area (Å²) in [7, 11) is -4.12. The Morgan fingerprint density at radius 3 is 2.16 bits per heavy atom. The molecule has 0 saturated carbocycles. The van der Waals surface area contributed by atoms with Crippen molar-refractivity contribution in [3.8, 4) is 6.07 Å². The molecular formula is C24H27N3O4S. The highest BCUT2D eigenvalue weighted by Gasteiger charge is 2.50. The van der Waals surface area contributed by atoms with E-state index in [1.807, 2.05) is 30.3 Å². The summed E-state index contributed by atoms with van der Waals surface area (Å²) in [5.74, 6) is -0.974. The monoisotopic (exact) mass is 453 g/mol. The molecule has 0 aromatic heterocycles. The first-order valence-corrected chi connectivity index (χ1v) is 11.8. The largest absolute Gasteiger partial charge is 0.328 e. The summed E-state index contributed by atoms with van der Waals surface area (Å²) in [5.41, 5.74) is 1.09. The molecule has 1 aliphatic rings. The van der Waals surface area contributed by atoms with E-state index in [0.717, 1.165) is 11.1 Å². The molecule has 0 spiro atoms. The first-order chi connectivity index (χ1) is 14.9. The van der Waals surface area contributed by atoms with Gasteiger partial charge in [0, 0.05) is 6.54 Å². The van der Waals surface area contributed by atoms with Crippen LogP contribution < -0.4 is 4.72 Å². The average Bonchev–Trinajstić information content (AvgIpc) is 2.71. The van der Waals surface area contributed by atoms with E-state index >= 15 is 0 Å². The number of nitrogens with one attached hydrogen (secondary N) is 1. The first kappa shape index (κ1) is 23.5. The van der Waals surface area contributed by atoms with Crippen LogP contribution in [-0.2, 0) is 31.4 Å². The summed E-state index contributed by atoms with van der Waals surface area (Å²) in [6.45, 7) is 8.30. The van der Waals surface area contributed by atoms with Gasteiger partial charge < -0.3 is 4.90 Å². The molecule has 2 amide bonds. The van der Waals surface area contributed by atoms with Gasteiger partial charge in [0.15, 0.2) is 0 Å². The molecule has 1 aliphatic heterocycles. The number of rotatable bonds is 5. The Hall–Kier alpha value is -3.18. The first-order valence-electron chi connectivity index (χ1n) is 10.3. The van der Waals surface area contributed by atoms with E-state index in [-0.39, 0.29) is 22.6 Å². The third kappa shape index (κ3) is 4.68. The van der Waals surface area contributed by atoms with Gasteiger partial charge in [-0.1, -0.05) is 45.0 Å². The number of hydrogen-bond donors (Lipinski definition) is 1.